The van der Waals surface area contributed by atoms with Crippen molar-refractivity contribution in [3.63, 3.8) is 0 Å². The molecule has 88 valence electrons. The van der Waals surface area contributed by atoms with Crippen LogP contribution in [0, 0.1) is 0 Å². The van der Waals surface area contributed by atoms with E-state index < -0.39 is 5.97 Å². The van der Waals surface area contributed by atoms with Crippen LogP contribution in [0.2, 0.25) is 0 Å². The third-order valence-electron chi connectivity index (χ3n) is 2.66. The van der Waals surface area contributed by atoms with Crippen molar-refractivity contribution in [1.29, 1.82) is 0 Å². The molecule has 1 aromatic carbocycles. The molecule has 3 nitrogen and oxygen atoms in total. The lowest BCUT2D eigenvalue weighted by molar-refractivity contribution is -0.136. The normalized spacial score (nSPS) is 12.8. The molecule has 0 aliphatic carbocycles. The molecule has 16 heavy (non-hydrogen) atoms. The lowest BCUT2D eigenvalue weighted by Gasteiger charge is -2.14. The van der Waals surface area contributed by atoms with Crippen molar-refractivity contribution in [2.24, 2.45) is 0 Å². The van der Waals surface area contributed by atoms with Crippen LogP contribution in [0.4, 0.5) is 0 Å². The van der Waals surface area contributed by atoms with E-state index in [0.717, 1.165) is 5.56 Å². The predicted octanol–water partition coefficient (Wildman–Crippen LogP) is 2.55. The molecule has 1 rings (SSSR count). The van der Waals surface area contributed by atoms with E-state index in [1.54, 1.807) is 0 Å². The molecule has 2 N–H and O–H groups in total. The first-order valence-corrected chi connectivity index (χ1v) is 5.55. The van der Waals surface area contributed by atoms with E-state index in [0.29, 0.717) is 5.92 Å². The summed E-state index contributed by atoms with van der Waals surface area (Å²) in [5.74, 6) is -0.304. The van der Waals surface area contributed by atoms with Gasteiger partial charge in [0.1, 0.15) is 0 Å². The van der Waals surface area contributed by atoms with E-state index >= 15 is 0 Å². The second-order valence-electron chi connectivity index (χ2n) is 4.32. The maximum atomic E-state index is 10.4. The zero-order valence-corrected chi connectivity index (χ0v) is 10.0. The summed E-state index contributed by atoms with van der Waals surface area (Å²) in [5, 5.41) is 11.5. The molecular weight excluding hydrogens is 202 g/mol. The Morgan fingerprint density at radius 3 is 2.12 bits per heavy atom. The molecule has 0 radical (unpaired) electrons. The van der Waals surface area contributed by atoms with E-state index in [1.807, 2.05) is 6.92 Å². The van der Waals surface area contributed by atoms with Crippen LogP contribution in [0.25, 0.3) is 0 Å². The molecule has 0 amide bonds. The van der Waals surface area contributed by atoms with Crippen LogP contribution in [0.15, 0.2) is 24.3 Å². The number of hydrogen-bond acceptors (Lipinski definition) is 2. The Morgan fingerprint density at radius 2 is 1.69 bits per heavy atom. The molecule has 1 atom stereocenters. The zero-order chi connectivity index (χ0) is 12.1. The molecule has 3 heteroatoms. The maximum Gasteiger partial charge on any atom is 0.317 e. The van der Waals surface area contributed by atoms with Crippen LogP contribution in [-0.2, 0) is 4.79 Å². The van der Waals surface area contributed by atoms with E-state index in [2.05, 4.69) is 43.4 Å². The Labute approximate surface area is 96.5 Å². The molecular formula is C13H19NO2. The van der Waals surface area contributed by atoms with Gasteiger partial charge >= 0.3 is 5.97 Å². The molecule has 0 saturated heterocycles. The molecule has 0 fully saturated rings. The second kappa shape index (κ2) is 5.66. The molecule has 1 unspecified atom stereocenters. The van der Waals surface area contributed by atoms with Crippen LogP contribution in [0.5, 0.6) is 0 Å². The van der Waals surface area contributed by atoms with Gasteiger partial charge in [-0.05, 0) is 24.0 Å². The SMILES string of the molecule is CC(C)c1ccc(C(C)NCC(=O)O)cc1. The third kappa shape index (κ3) is 3.66. The number of carboxylic acids is 1. The van der Waals surface area contributed by atoms with Crippen molar-refractivity contribution in [3.8, 4) is 0 Å². The van der Waals surface area contributed by atoms with Crippen LogP contribution in [-0.4, -0.2) is 17.6 Å². The van der Waals surface area contributed by atoms with Crippen molar-refractivity contribution in [2.45, 2.75) is 32.7 Å². The molecule has 0 aliphatic rings. The van der Waals surface area contributed by atoms with Gasteiger partial charge in [0.2, 0.25) is 0 Å². The van der Waals surface area contributed by atoms with Gasteiger partial charge < -0.3 is 10.4 Å². The molecule has 0 bridgehead atoms. The highest BCUT2D eigenvalue weighted by Crippen LogP contribution is 2.18. The number of rotatable bonds is 5. The van der Waals surface area contributed by atoms with E-state index in [1.165, 1.54) is 5.56 Å². The first kappa shape index (κ1) is 12.7. The van der Waals surface area contributed by atoms with Gasteiger partial charge in [-0.25, -0.2) is 0 Å². The average molecular weight is 221 g/mol. The van der Waals surface area contributed by atoms with Gasteiger partial charge in [-0.1, -0.05) is 38.1 Å². The monoisotopic (exact) mass is 221 g/mol. The number of hydrogen-bond donors (Lipinski definition) is 2. The fourth-order valence-electron chi connectivity index (χ4n) is 1.53. The summed E-state index contributed by atoms with van der Waals surface area (Å²) in [4.78, 5) is 10.4. The Morgan fingerprint density at radius 1 is 1.19 bits per heavy atom. The molecule has 0 aliphatic heterocycles. The average Bonchev–Trinajstić information content (AvgIpc) is 2.26. The fourth-order valence-corrected chi connectivity index (χ4v) is 1.53. The minimum Gasteiger partial charge on any atom is -0.480 e. The van der Waals surface area contributed by atoms with Gasteiger partial charge in [-0.15, -0.1) is 0 Å². The van der Waals surface area contributed by atoms with Gasteiger partial charge in [-0.2, -0.15) is 0 Å². The van der Waals surface area contributed by atoms with Gasteiger partial charge in [0.15, 0.2) is 0 Å². The Kier molecular flexibility index (Phi) is 4.50. The topological polar surface area (TPSA) is 49.3 Å². The summed E-state index contributed by atoms with van der Waals surface area (Å²) in [6.07, 6.45) is 0. The summed E-state index contributed by atoms with van der Waals surface area (Å²) >= 11 is 0. The second-order valence-corrected chi connectivity index (χ2v) is 4.32. The van der Waals surface area contributed by atoms with Gasteiger partial charge in [0.25, 0.3) is 0 Å². The lowest BCUT2D eigenvalue weighted by Crippen LogP contribution is -2.25. The fraction of sp³-hybridized carbons (Fsp3) is 0.462. The highest BCUT2D eigenvalue weighted by Gasteiger charge is 2.07. The Bertz CT molecular complexity index is 343. The highest BCUT2D eigenvalue weighted by molar-refractivity contribution is 5.69. The van der Waals surface area contributed by atoms with Crippen LogP contribution < -0.4 is 5.32 Å². The summed E-state index contributed by atoms with van der Waals surface area (Å²) in [6, 6.07) is 8.36. The largest absolute Gasteiger partial charge is 0.480 e. The van der Waals surface area contributed by atoms with E-state index in [4.69, 9.17) is 5.11 Å². The molecule has 0 heterocycles. The minimum atomic E-state index is -0.828. The smallest absolute Gasteiger partial charge is 0.317 e. The number of nitrogens with one attached hydrogen (secondary N) is 1. The van der Waals surface area contributed by atoms with Gasteiger partial charge in [0.05, 0.1) is 6.54 Å². The highest BCUT2D eigenvalue weighted by atomic mass is 16.4. The van der Waals surface area contributed by atoms with Crippen LogP contribution >= 0.6 is 0 Å². The molecule has 0 spiro atoms. The van der Waals surface area contributed by atoms with E-state index in [9.17, 15) is 4.79 Å². The lowest BCUT2D eigenvalue weighted by atomic mass is 10.00. The van der Waals surface area contributed by atoms with Crippen LogP contribution in [0.3, 0.4) is 0 Å². The number of carboxylic acid groups (broad SMARTS) is 1. The van der Waals surface area contributed by atoms with Crippen molar-refractivity contribution in [1.82, 2.24) is 5.32 Å². The summed E-state index contributed by atoms with van der Waals surface area (Å²) in [7, 11) is 0. The third-order valence-corrected chi connectivity index (χ3v) is 2.66. The van der Waals surface area contributed by atoms with E-state index in [-0.39, 0.29) is 12.6 Å². The quantitative estimate of drug-likeness (QED) is 0.803. The first-order chi connectivity index (χ1) is 7.50. The summed E-state index contributed by atoms with van der Waals surface area (Å²) in [6.45, 7) is 6.27. The standard InChI is InChI=1S/C13H19NO2/c1-9(2)11-4-6-12(7-5-11)10(3)14-8-13(15)16/h4-7,9-10,14H,8H2,1-3H3,(H,15,16). The molecule has 0 saturated carbocycles. The predicted molar refractivity (Wildman–Crippen MR) is 64.6 cm³/mol. The van der Waals surface area contributed by atoms with Crippen molar-refractivity contribution < 1.29 is 9.90 Å². The Balaban J connectivity index is 2.62. The van der Waals surface area contributed by atoms with Crippen molar-refractivity contribution in [3.05, 3.63) is 35.4 Å². The molecule has 1 aromatic rings. The summed E-state index contributed by atoms with van der Waals surface area (Å²) < 4.78 is 0. The van der Waals surface area contributed by atoms with Crippen LogP contribution in [0.1, 0.15) is 43.9 Å². The summed E-state index contributed by atoms with van der Waals surface area (Å²) in [5.41, 5.74) is 2.42. The zero-order valence-electron chi connectivity index (χ0n) is 10.0. The number of aliphatic carboxylic acids is 1. The van der Waals surface area contributed by atoms with Crippen molar-refractivity contribution >= 4 is 5.97 Å². The van der Waals surface area contributed by atoms with Gasteiger partial charge in [-0.3, -0.25) is 4.79 Å². The van der Waals surface area contributed by atoms with Crippen molar-refractivity contribution in [2.75, 3.05) is 6.54 Å². The Hall–Kier alpha value is -1.35. The maximum absolute atomic E-state index is 10.4. The number of benzene rings is 1. The van der Waals surface area contributed by atoms with Gasteiger partial charge in [0, 0.05) is 6.04 Å². The first-order valence-electron chi connectivity index (χ1n) is 5.55. The molecule has 0 aromatic heterocycles. The number of carbonyl (C=O) groups is 1. The minimum absolute atomic E-state index is 0.00685.